The van der Waals surface area contributed by atoms with E-state index in [1.807, 2.05) is 18.2 Å². The van der Waals surface area contributed by atoms with Crippen LogP contribution in [-0.4, -0.2) is 11.0 Å². The first-order valence-electron chi connectivity index (χ1n) is 7.25. The largest absolute Gasteiger partial charge is 0.301 e. The quantitative estimate of drug-likeness (QED) is 0.812. The van der Waals surface area contributed by atoms with Gasteiger partial charge >= 0.3 is 0 Å². The highest BCUT2D eigenvalue weighted by atomic mass is 35.5. The summed E-state index contributed by atoms with van der Waals surface area (Å²) in [5, 5.41) is 6.19. The molecule has 0 saturated heterocycles. The third-order valence-corrected chi connectivity index (χ3v) is 5.40. The molecular formula is C16H18Cl2N2S. The predicted octanol–water partition coefficient (Wildman–Crippen LogP) is 5.16. The molecule has 3 rings (SSSR count). The number of hydrogen-bond donors (Lipinski definition) is 1. The van der Waals surface area contributed by atoms with Gasteiger partial charge in [0.25, 0.3) is 0 Å². The lowest BCUT2D eigenvalue weighted by atomic mass is 10.1. The summed E-state index contributed by atoms with van der Waals surface area (Å²) in [6, 6.07) is 6.24. The first-order valence-corrected chi connectivity index (χ1v) is 8.83. The van der Waals surface area contributed by atoms with Crippen LogP contribution >= 0.6 is 34.5 Å². The van der Waals surface area contributed by atoms with Gasteiger partial charge in [-0.15, -0.1) is 11.3 Å². The number of benzene rings is 1. The molecule has 1 saturated carbocycles. The lowest BCUT2D eigenvalue weighted by Gasteiger charge is -2.18. The minimum atomic E-state index is 0.0349. The molecule has 1 fully saturated rings. The molecule has 1 heterocycles. The van der Waals surface area contributed by atoms with Crippen LogP contribution in [0, 0.1) is 6.92 Å². The molecule has 0 amide bonds. The first-order chi connectivity index (χ1) is 10.1. The number of aromatic nitrogens is 1. The topological polar surface area (TPSA) is 24.9 Å². The Morgan fingerprint density at radius 1 is 1.38 bits per heavy atom. The molecular weight excluding hydrogens is 323 g/mol. The number of rotatable bonds is 5. The third-order valence-electron chi connectivity index (χ3n) is 3.74. The van der Waals surface area contributed by atoms with E-state index in [-0.39, 0.29) is 6.04 Å². The fraction of sp³-hybridized carbons (Fsp3) is 0.438. The monoisotopic (exact) mass is 340 g/mol. The summed E-state index contributed by atoms with van der Waals surface area (Å²) in [6.45, 7) is 4.27. The van der Waals surface area contributed by atoms with Gasteiger partial charge in [0, 0.05) is 21.0 Å². The number of nitrogens with zero attached hydrogens (tertiary/aromatic N) is 1. The van der Waals surface area contributed by atoms with E-state index in [2.05, 4.69) is 19.2 Å². The Morgan fingerprint density at radius 2 is 2.14 bits per heavy atom. The van der Waals surface area contributed by atoms with Crippen LogP contribution < -0.4 is 5.32 Å². The van der Waals surface area contributed by atoms with Gasteiger partial charge in [-0.3, -0.25) is 0 Å². The van der Waals surface area contributed by atoms with Crippen molar-refractivity contribution in [2.24, 2.45) is 0 Å². The van der Waals surface area contributed by atoms with Gasteiger partial charge in [-0.2, -0.15) is 0 Å². The van der Waals surface area contributed by atoms with Gasteiger partial charge in [0.1, 0.15) is 5.01 Å². The van der Waals surface area contributed by atoms with Crippen LogP contribution in [-0.2, 0) is 6.42 Å². The van der Waals surface area contributed by atoms with Crippen molar-refractivity contribution in [2.75, 3.05) is 0 Å². The molecule has 2 nitrogen and oxygen atoms in total. The Labute approximate surface area is 139 Å². The smallest absolute Gasteiger partial charge is 0.115 e. The van der Waals surface area contributed by atoms with Gasteiger partial charge < -0.3 is 5.32 Å². The van der Waals surface area contributed by atoms with E-state index >= 15 is 0 Å². The Morgan fingerprint density at radius 3 is 2.76 bits per heavy atom. The van der Waals surface area contributed by atoms with Crippen LogP contribution in [0.15, 0.2) is 18.2 Å². The third kappa shape index (κ3) is 3.42. The standard InChI is InChI=1S/C16H18Cl2N2S/c1-3-14-9(2)21-16(20-14)15(19-11-5-6-11)12-8-10(17)4-7-13(12)18/h4,7-8,11,15,19H,3,5-6H2,1-2H3. The Kier molecular flexibility index (Phi) is 4.55. The SMILES string of the molecule is CCc1nc(C(NC2CC2)c2cc(Cl)ccc2Cl)sc1C. The Bertz CT molecular complexity index is 650. The zero-order chi connectivity index (χ0) is 15.0. The second-order valence-electron chi connectivity index (χ2n) is 5.45. The predicted molar refractivity (Wildman–Crippen MR) is 90.7 cm³/mol. The van der Waals surface area contributed by atoms with E-state index in [9.17, 15) is 0 Å². The molecule has 0 aliphatic heterocycles. The number of aryl methyl sites for hydroxylation is 2. The second kappa shape index (κ2) is 6.25. The molecule has 1 atom stereocenters. The minimum absolute atomic E-state index is 0.0349. The molecule has 1 unspecified atom stereocenters. The summed E-state index contributed by atoms with van der Waals surface area (Å²) in [5.74, 6) is 0. The summed E-state index contributed by atoms with van der Waals surface area (Å²) in [6.07, 6.45) is 3.40. The van der Waals surface area contributed by atoms with Gasteiger partial charge in [-0.05, 0) is 49.9 Å². The lowest BCUT2D eigenvalue weighted by molar-refractivity contribution is 0.597. The van der Waals surface area contributed by atoms with E-state index in [1.54, 1.807) is 11.3 Å². The molecule has 1 N–H and O–H groups in total. The van der Waals surface area contributed by atoms with Crippen LogP contribution in [0.5, 0.6) is 0 Å². The number of nitrogens with one attached hydrogen (secondary N) is 1. The molecule has 1 aromatic carbocycles. The van der Waals surface area contributed by atoms with Crippen molar-refractivity contribution in [3.8, 4) is 0 Å². The fourth-order valence-electron chi connectivity index (χ4n) is 2.42. The second-order valence-corrected chi connectivity index (χ2v) is 7.53. The Hall–Kier alpha value is -0.610. The average Bonchev–Trinajstić information content (AvgIpc) is 3.20. The summed E-state index contributed by atoms with van der Waals surface area (Å²) in [5.41, 5.74) is 2.20. The van der Waals surface area contributed by atoms with E-state index in [0.717, 1.165) is 22.0 Å². The van der Waals surface area contributed by atoms with Crippen molar-refractivity contribution in [1.29, 1.82) is 0 Å². The van der Waals surface area contributed by atoms with Crippen LogP contribution in [0.2, 0.25) is 10.0 Å². The van der Waals surface area contributed by atoms with Gasteiger partial charge in [-0.25, -0.2) is 4.98 Å². The van der Waals surface area contributed by atoms with Crippen LogP contribution in [0.4, 0.5) is 0 Å². The zero-order valence-corrected chi connectivity index (χ0v) is 14.4. The molecule has 1 aliphatic rings. The van der Waals surface area contributed by atoms with E-state index in [1.165, 1.54) is 23.4 Å². The van der Waals surface area contributed by atoms with Crippen LogP contribution in [0.25, 0.3) is 0 Å². The average molecular weight is 341 g/mol. The summed E-state index contributed by atoms with van der Waals surface area (Å²) >= 11 is 14.3. The maximum Gasteiger partial charge on any atom is 0.115 e. The van der Waals surface area contributed by atoms with E-state index < -0.39 is 0 Å². The lowest BCUT2D eigenvalue weighted by Crippen LogP contribution is -2.24. The van der Waals surface area contributed by atoms with Gasteiger partial charge in [-0.1, -0.05) is 30.1 Å². The fourth-order valence-corrected chi connectivity index (χ4v) is 3.91. The van der Waals surface area contributed by atoms with Crippen molar-refractivity contribution in [3.05, 3.63) is 49.4 Å². The summed E-state index contributed by atoms with van der Waals surface area (Å²) in [4.78, 5) is 6.10. The number of hydrogen-bond acceptors (Lipinski definition) is 3. The first kappa shape index (κ1) is 15.3. The normalized spacial score (nSPS) is 16.2. The number of thiazole rings is 1. The Balaban J connectivity index is 2.01. The maximum absolute atomic E-state index is 6.40. The van der Waals surface area contributed by atoms with Crippen LogP contribution in [0.1, 0.15) is 46.9 Å². The number of halogens is 2. The van der Waals surface area contributed by atoms with Gasteiger partial charge in [0.15, 0.2) is 0 Å². The molecule has 0 radical (unpaired) electrons. The minimum Gasteiger partial charge on any atom is -0.301 e. The zero-order valence-electron chi connectivity index (χ0n) is 12.1. The van der Waals surface area contributed by atoms with Gasteiger partial charge in [0.2, 0.25) is 0 Å². The van der Waals surface area contributed by atoms with Gasteiger partial charge in [0.05, 0.1) is 11.7 Å². The molecule has 1 aromatic heterocycles. The highest BCUT2D eigenvalue weighted by Gasteiger charge is 2.29. The van der Waals surface area contributed by atoms with Crippen molar-refractivity contribution in [2.45, 2.75) is 45.2 Å². The maximum atomic E-state index is 6.40. The highest BCUT2D eigenvalue weighted by molar-refractivity contribution is 7.11. The molecule has 5 heteroatoms. The molecule has 1 aliphatic carbocycles. The molecule has 0 spiro atoms. The van der Waals surface area contributed by atoms with Crippen molar-refractivity contribution in [1.82, 2.24) is 10.3 Å². The summed E-state index contributed by atoms with van der Waals surface area (Å²) in [7, 11) is 0. The highest BCUT2D eigenvalue weighted by Crippen LogP contribution is 2.36. The van der Waals surface area contributed by atoms with E-state index in [4.69, 9.17) is 28.2 Å². The molecule has 2 aromatic rings. The van der Waals surface area contributed by atoms with Crippen LogP contribution in [0.3, 0.4) is 0 Å². The van der Waals surface area contributed by atoms with Crippen molar-refractivity contribution in [3.63, 3.8) is 0 Å². The molecule has 112 valence electrons. The van der Waals surface area contributed by atoms with Crippen molar-refractivity contribution < 1.29 is 0 Å². The van der Waals surface area contributed by atoms with Crippen molar-refractivity contribution >= 4 is 34.5 Å². The summed E-state index contributed by atoms with van der Waals surface area (Å²) < 4.78 is 0. The molecule has 0 bridgehead atoms. The molecule has 21 heavy (non-hydrogen) atoms. The van der Waals surface area contributed by atoms with E-state index in [0.29, 0.717) is 11.1 Å².